The summed E-state index contributed by atoms with van der Waals surface area (Å²) in [6, 6.07) is 13.6. The zero-order valence-corrected chi connectivity index (χ0v) is 12.2. The number of nitrogens with one attached hydrogen (secondary N) is 1. The van der Waals surface area contributed by atoms with Gasteiger partial charge >= 0.3 is 0 Å². The Balaban J connectivity index is 2.07. The van der Waals surface area contributed by atoms with Crippen molar-refractivity contribution < 1.29 is 0 Å². The van der Waals surface area contributed by atoms with Gasteiger partial charge in [-0.05, 0) is 30.7 Å². The molecule has 0 aliphatic heterocycles. The van der Waals surface area contributed by atoms with E-state index in [1.165, 1.54) is 0 Å². The molecular weight excluding hydrogens is 312 g/mol. The molecule has 0 bridgehead atoms. The molecule has 0 saturated carbocycles. The smallest absolute Gasteiger partial charge is 0.0576 e. The van der Waals surface area contributed by atoms with Crippen molar-refractivity contribution in [3.05, 3.63) is 63.1 Å². The SMILES string of the molecule is Cc1ccc(NN=Cc2ccccc2Br)cc1Cl. The van der Waals surface area contributed by atoms with Crippen LogP contribution in [0.1, 0.15) is 11.1 Å². The summed E-state index contributed by atoms with van der Waals surface area (Å²) in [5, 5.41) is 4.91. The summed E-state index contributed by atoms with van der Waals surface area (Å²) in [6.07, 6.45) is 1.76. The maximum atomic E-state index is 6.04. The Kier molecular flexibility index (Phi) is 4.39. The molecule has 0 aliphatic rings. The van der Waals surface area contributed by atoms with Crippen LogP contribution in [-0.2, 0) is 0 Å². The van der Waals surface area contributed by atoms with Crippen LogP contribution in [0.5, 0.6) is 0 Å². The number of anilines is 1. The van der Waals surface area contributed by atoms with E-state index in [0.29, 0.717) is 0 Å². The summed E-state index contributed by atoms with van der Waals surface area (Å²) in [5.74, 6) is 0. The molecule has 0 aromatic heterocycles. The van der Waals surface area contributed by atoms with E-state index in [1.807, 2.05) is 49.4 Å². The number of halogens is 2. The second kappa shape index (κ2) is 6.03. The number of aryl methyl sites for hydroxylation is 1. The number of nitrogens with zero attached hydrogens (tertiary/aromatic N) is 1. The first-order valence-electron chi connectivity index (χ1n) is 5.46. The van der Waals surface area contributed by atoms with Crippen molar-refractivity contribution in [3.63, 3.8) is 0 Å². The number of hydrogen-bond donors (Lipinski definition) is 1. The van der Waals surface area contributed by atoms with E-state index in [4.69, 9.17) is 11.6 Å². The largest absolute Gasteiger partial charge is 0.278 e. The lowest BCUT2D eigenvalue weighted by atomic mass is 10.2. The van der Waals surface area contributed by atoms with Crippen molar-refractivity contribution in [3.8, 4) is 0 Å². The third-order valence-corrected chi connectivity index (χ3v) is 3.60. The average molecular weight is 324 g/mol. The highest BCUT2D eigenvalue weighted by atomic mass is 79.9. The van der Waals surface area contributed by atoms with Gasteiger partial charge in [-0.15, -0.1) is 0 Å². The monoisotopic (exact) mass is 322 g/mol. The zero-order valence-electron chi connectivity index (χ0n) is 9.82. The Morgan fingerprint density at radius 3 is 2.72 bits per heavy atom. The predicted molar refractivity (Wildman–Crippen MR) is 81.5 cm³/mol. The van der Waals surface area contributed by atoms with Gasteiger partial charge in [0.25, 0.3) is 0 Å². The molecule has 2 rings (SSSR count). The molecule has 0 aliphatic carbocycles. The molecule has 4 heteroatoms. The van der Waals surface area contributed by atoms with Gasteiger partial charge in [0.1, 0.15) is 0 Å². The Hall–Kier alpha value is -1.32. The molecule has 2 nitrogen and oxygen atoms in total. The highest BCUT2D eigenvalue weighted by Crippen LogP contribution is 2.20. The van der Waals surface area contributed by atoms with Crippen LogP contribution < -0.4 is 5.43 Å². The van der Waals surface area contributed by atoms with E-state index in [-0.39, 0.29) is 0 Å². The fraction of sp³-hybridized carbons (Fsp3) is 0.0714. The highest BCUT2D eigenvalue weighted by Gasteiger charge is 1.97. The minimum Gasteiger partial charge on any atom is -0.278 e. The van der Waals surface area contributed by atoms with Crippen molar-refractivity contribution in [2.45, 2.75) is 6.92 Å². The van der Waals surface area contributed by atoms with Crippen LogP contribution in [0.4, 0.5) is 5.69 Å². The van der Waals surface area contributed by atoms with Crippen molar-refractivity contribution in [2.24, 2.45) is 5.10 Å². The number of hydrazone groups is 1. The highest BCUT2D eigenvalue weighted by molar-refractivity contribution is 9.10. The average Bonchev–Trinajstić information content (AvgIpc) is 2.36. The second-order valence-corrected chi connectivity index (χ2v) is 5.12. The summed E-state index contributed by atoms with van der Waals surface area (Å²) in [6.45, 7) is 1.97. The Bertz CT molecular complexity index is 582. The fourth-order valence-electron chi connectivity index (χ4n) is 1.42. The topological polar surface area (TPSA) is 24.4 Å². The van der Waals surface area contributed by atoms with Crippen molar-refractivity contribution in [2.75, 3.05) is 5.43 Å². The lowest BCUT2D eigenvalue weighted by Crippen LogP contribution is -1.91. The summed E-state index contributed by atoms with van der Waals surface area (Å²) in [7, 11) is 0. The molecule has 92 valence electrons. The van der Waals surface area contributed by atoms with E-state index < -0.39 is 0 Å². The third kappa shape index (κ3) is 3.34. The number of hydrogen-bond acceptors (Lipinski definition) is 2. The van der Waals surface area contributed by atoms with Gasteiger partial charge in [0.15, 0.2) is 0 Å². The molecule has 0 saturated heterocycles. The Morgan fingerprint density at radius 1 is 1.22 bits per heavy atom. The van der Waals surface area contributed by atoms with Gasteiger partial charge in [0, 0.05) is 15.1 Å². The van der Waals surface area contributed by atoms with E-state index in [2.05, 4.69) is 26.5 Å². The van der Waals surface area contributed by atoms with Gasteiger partial charge in [0.2, 0.25) is 0 Å². The quantitative estimate of drug-likeness (QED) is 0.633. The standard InChI is InChI=1S/C14H12BrClN2/c1-10-6-7-12(8-14(10)16)18-17-9-11-4-2-3-5-13(11)15/h2-9,18H,1H3. The van der Waals surface area contributed by atoms with Crippen LogP contribution in [0.3, 0.4) is 0 Å². The molecule has 18 heavy (non-hydrogen) atoms. The molecule has 2 aromatic carbocycles. The van der Waals surface area contributed by atoms with Gasteiger partial charge in [-0.3, -0.25) is 5.43 Å². The maximum absolute atomic E-state index is 6.04. The van der Waals surface area contributed by atoms with Crippen LogP contribution in [-0.4, -0.2) is 6.21 Å². The summed E-state index contributed by atoms with van der Waals surface area (Å²) in [4.78, 5) is 0. The van der Waals surface area contributed by atoms with E-state index in [1.54, 1.807) is 6.21 Å². The number of benzene rings is 2. The first-order valence-corrected chi connectivity index (χ1v) is 6.63. The van der Waals surface area contributed by atoms with Gasteiger partial charge in [0.05, 0.1) is 11.9 Å². The van der Waals surface area contributed by atoms with Gasteiger partial charge < -0.3 is 0 Å². The van der Waals surface area contributed by atoms with Gasteiger partial charge in [-0.2, -0.15) is 5.10 Å². The molecule has 0 radical (unpaired) electrons. The lowest BCUT2D eigenvalue weighted by molar-refractivity contribution is 1.33. The molecule has 2 aromatic rings. The predicted octanol–water partition coefficient (Wildman–Crippen LogP) is 4.86. The first-order chi connectivity index (χ1) is 8.66. The maximum Gasteiger partial charge on any atom is 0.0576 e. The van der Waals surface area contributed by atoms with Crippen LogP contribution in [0.25, 0.3) is 0 Å². The summed E-state index contributed by atoms with van der Waals surface area (Å²) >= 11 is 9.50. The van der Waals surface area contributed by atoms with Crippen molar-refractivity contribution in [1.82, 2.24) is 0 Å². The van der Waals surface area contributed by atoms with E-state index in [9.17, 15) is 0 Å². The van der Waals surface area contributed by atoms with Crippen LogP contribution in [0, 0.1) is 6.92 Å². The summed E-state index contributed by atoms with van der Waals surface area (Å²) < 4.78 is 1.01. The molecular formula is C14H12BrClN2. The fourth-order valence-corrected chi connectivity index (χ4v) is 1.99. The molecule has 0 atom stereocenters. The minimum atomic E-state index is 0.732. The van der Waals surface area contributed by atoms with Crippen LogP contribution >= 0.6 is 27.5 Å². The second-order valence-electron chi connectivity index (χ2n) is 3.86. The Labute approximate surface area is 120 Å². The van der Waals surface area contributed by atoms with Crippen molar-refractivity contribution in [1.29, 1.82) is 0 Å². The van der Waals surface area contributed by atoms with E-state index >= 15 is 0 Å². The summed E-state index contributed by atoms with van der Waals surface area (Å²) in [5.41, 5.74) is 5.89. The zero-order chi connectivity index (χ0) is 13.0. The van der Waals surface area contributed by atoms with Crippen LogP contribution in [0.15, 0.2) is 52.0 Å². The van der Waals surface area contributed by atoms with Crippen molar-refractivity contribution >= 4 is 39.4 Å². The van der Waals surface area contributed by atoms with Gasteiger partial charge in [-0.25, -0.2) is 0 Å². The Morgan fingerprint density at radius 2 is 2.00 bits per heavy atom. The molecule has 1 N–H and O–H groups in total. The number of rotatable bonds is 3. The molecule has 0 fully saturated rings. The normalized spacial score (nSPS) is 10.8. The third-order valence-electron chi connectivity index (χ3n) is 2.47. The van der Waals surface area contributed by atoms with Crippen LogP contribution in [0.2, 0.25) is 5.02 Å². The van der Waals surface area contributed by atoms with Gasteiger partial charge in [-0.1, -0.05) is 51.8 Å². The molecule has 0 heterocycles. The lowest BCUT2D eigenvalue weighted by Gasteiger charge is -2.03. The molecule has 0 unspecified atom stereocenters. The minimum absolute atomic E-state index is 0.732. The first kappa shape index (κ1) is 13.1. The molecule has 0 amide bonds. The van der Waals surface area contributed by atoms with E-state index in [0.717, 1.165) is 26.3 Å². The molecule has 0 spiro atoms.